The van der Waals surface area contributed by atoms with Crippen LogP contribution in [0.2, 0.25) is 0 Å². The topological polar surface area (TPSA) is 96.4 Å². The lowest BCUT2D eigenvalue weighted by Gasteiger charge is -2.42. The molecule has 1 saturated carbocycles. The Morgan fingerprint density at radius 1 is 0.971 bits per heavy atom. The molecule has 0 amide bonds. The largest absolute Gasteiger partial charge is 0.573 e. The molecule has 2 saturated heterocycles. The molecule has 12 heteroatoms. The van der Waals surface area contributed by atoms with Gasteiger partial charge in [0, 0.05) is 32.2 Å². The van der Waals surface area contributed by atoms with Crippen molar-refractivity contribution < 1.29 is 41.0 Å². The van der Waals surface area contributed by atoms with Gasteiger partial charge in [-0.1, -0.05) is 7.43 Å². The molecule has 8 nitrogen and oxygen atoms in total. The van der Waals surface area contributed by atoms with Gasteiger partial charge in [0.25, 0.3) is 0 Å². The zero-order valence-corrected chi connectivity index (χ0v) is 18.8. The van der Waals surface area contributed by atoms with E-state index in [1.54, 1.807) is 0 Å². The first kappa shape index (κ1) is 26.6. The van der Waals surface area contributed by atoms with E-state index in [4.69, 9.17) is 4.74 Å². The zero-order valence-electron chi connectivity index (χ0n) is 18.0. The van der Waals surface area contributed by atoms with Gasteiger partial charge in [-0.25, -0.2) is 12.7 Å². The Morgan fingerprint density at radius 3 is 1.97 bits per heavy atom. The second-order valence-electron chi connectivity index (χ2n) is 8.81. The molecule has 2 heterocycles. The van der Waals surface area contributed by atoms with E-state index < -0.39 is 27.1 Å². The number of rotatable bonds is 7. The van der Waals surface area contributed by atoms with Gasteiger partial charge in [-0.3, -0.25) is 4.79 Å². The minimum absolute atomic E-state index is 0. The van der Waals surface area contributed by atoms with Crippen LogP contribution in [0.5, 0.6) is 11.5 Å². The molecule has 0 bridgehead atoms. The summed E-state index contributed by atoms with van der Waals surface area (Å²) in [6, 6.07) is 5.47. The lowest BCUT2D eigenvalue weighted by Crippen LogP contribution is -2.60. The number of alkyl halides is 3. The number of sulfonamides is 1. The highest BCUT2D eigenvalue weighted by Gasteiger charge is 2.56. The van der Waals surface area contributed by atoms with Gasteiger partial charge in [0.2, 0.25) is 10.0 Å². The van der Waals surface area contributed by atoms with Gasteiger partial charge in [-0.2, -0.15) is 0 Å². The molecule has 1 aromatic rings. The predicted molar refractivity (Wildman–Crippen MR) is 118 cm³/mol. The third-order valence-electron chi connectivity index (χ3n) is 6.65. The zero-order chi connectivity index (χ0) is 23.9. The molecular formula is C22H31F3N2O6S. The number of halogens is 3. The summed E-state index contributed by atoms with van der Waals surface area (Å²) in [5.41, 5.74) is 0. The van der Waals surface area contributed by atoms with Gasteiger partial charge < -0.3 is 19.5 Å². The average molecular weight is 509 g/mol. The van der Waals surface area contributed by atoms with Crippen LogP contribution in [-0.2, 0) is 14.8 Å². The number of benzene rings is 1. The van der Waals surface area contributed by atoms with Crippen LogP contribution in [-0.4, -0.2) is 78.1 Å². The van der Waals surface area contributed by atoms with Crippen molar-refractivity contribution >= 4 is 16.0 Å². The molecule has 0 unspecified atom stereocenters. The van der Waals surface area contributed by atoms with E-state index >= 15 is 0 Å². The number of piperidine rings is 2. The Balaban J connectivity index is 0.00000324. The van der Waals surface area contributed by atoms with E-state index in [1.807, 2.05) is 0 Å². The molecule has 0 spiro atoms. The summed E-state index contributed by atoms with van der Waals surface area (Å²) in [5.74, 6) is -1.31. The average Bonchev–Trinajstić information content (AvgIpc) is 3.60. The Kier molecular flexibility index (Phi) is 7.73. The minimum Gasteiger partial charge on any atom is -0.490 e. The molecule has 1 N–H and O–H groups in total. The Labute approximate surface area is 197 Å². The summed E-state index contributed by atoms with van der Waals surface area (Å²) in [6.07, 6.45) is -2.09. The Hall–Kier alpha value is -2.05. The van der Waals surface area contributed by atoms with Crippen molar-refractivity contribution in [3.8, 4) is 11.5 Å². The highest BCUT2D eigenvalue weighted by molar-refractivity contribution is 7.91. The number of carboxylic acid groups (broad SMARTS) is 1. The third kappa shape index (κ3) is 5.60. The van der Waals surface area contributed by atoms with Crippen LogP contribution in [0.4, 0.5) is 13.2 Å². The molecule has 2 aliphatic heterocycles. The monoisotopic (exact) mass is 508 g/mol. The van der Waals surface area contributed by atoms with E-state index in [9.17, 15) is 31.5 Å². The first-order valence-electron chi connectivity index (χ1n) is 11.0. The number of carbonyl (C=O) groups is 1. The molecule has 3 aliphatic rings. The van der Waals surface area contributed by atoms with Crippen molar-refractivity contribution in [2.75, 3.05) is 26.2 Å². The van der Waals surface area contributed by atoms with Crippen LogP contribution in [0.15, 0.2) is 24.3 Å². The molecule has 3 fully saturated rings. The number of hydrogen-bond acceptors (Lipinski definition) is 6. The predicted octanol–water partition coefficient (Wildman–Crippen LogP) is 3.48. The maximum Gasteiger partial charge on any atom is 0.573 e. The molecule has 0 aromatic heterocycles. The molecular weight excluding hydrogens is 477 g/mol. The number of carboxylic acids is 1. The SMILES string of the molecule is C.O=C(O)C1(S(=O)(=O)N2CCC(Oc3ccc(OC(F)(F)F)cc3)CC2)CCN(C2CC2)CC1. The fourth-order valence-corrected chi connectivity index (χ4v) is 6.73. The van der Waals surface area contributed by atoms with E-state index in [2.05, 4.69) is 9.64 Å². The van der Waals surface area contributed by atoms with Gasteiger partial charge in [0.15, 0.2) is 4.75 Å². The number of nitrogens with zero attached hydrogens (tertiary/aromatic N) is 2. The Morgan fingerprint density at radius 2 is 1.50 bits per heavy atom. The van der Waals surface area contributed by atoms with Crippen molar-refractivity contribution in [2.45, 2.75) is 69.2 Å². The van der Waals surface area contributed by atoms with Crippen LogP contribution in [0, 0.1) is 0 Å². The van der Waals surface area contributed by atoms with Gasteiger partial charge in [0.1, 0.15) is 17.6 Å². The molecule has 34 heavy (non-hydrogen) atoms. The van der Waals surface area contributed by atoms with Crippen molar-refractivity contribution in [2.24, 2.45) is 0 Å². The fraction of sp³-hybridized carbons (Fsp3) is 0.682. The van der Waals surface area contributed by atoms with Crippen molar-refractivity contribution in [3.05, 3.63) is 24.3 Å². The summed E-state index contributed by atoms with van der Waals surface area (Å²) >= 11 is 0. The minimum atomic E-state index is -4.78. The van der Waals surface area contributed by atoms with E-state index in [0.29, 0.717) is 37.7 Å². The molecule has 0 atom stereocenters. The summed E-state index contributed by atoms with van der Waals surface area (Å²) < 4.78 is 72.7. The summed E-state index contributed by atoms with van der Waals surface area (Å²) in [5, 5.41) is 9.91. The van der Waals surface area contributed by atoms with Gasteiger partial charge in [-0.05, 0) is 62.8 Å². The normalized spacial score (nSPS) is 22.6. The molecule has 0 radical (unpaired) electrons. The lowest BCUT2D eigenvalue weighted by atomic mass is 9.95. The van der Waals surface area contributed by atoms with Gasteiger partial charge in [-0.15, -0.1) is 13.2 Å². The highest BCUT2D eigenvalue weighted by Crippen LogP contribution is 2.38. The van der Waals surface area contributed by atoms with Gasteiger partial charge >= 0.3 is 12.3 Å². The quantitative estimate of drug-likeness (QED) is 0.603. The number of ether oxygens (including phenoxy) is 2. The first-order valence-corrected chi connectivity index (χ1v) is 12.4. The lowest BCUT2D eigenvalue weighted by molar-refractivity contribution is -0.274. The number of hydrogen-bond donors (Lipinski definition) is 1. The van der Waals surface area contributed by atoms with Gasteiger partial charge in [0.05, 0.1) is 0 Å². The first-order chi connectivity index (χ1) is 15.5. The standard InChI is InChI=1S/C21H27F3N2O6S.CH4/c22-21(23,24)32-18-5-3-16(4-6-18)31-17-7-11-26(12-8-17)33(29,30)20(19(27)28)9-13-25(14-10-20)15-1-2-15;/h3-6,15,17H,1-2,7-14H2,(H,27,28);1H4. The Bertz CT molecular complexity index is 950. The maximum absolute atomic E-state index is 13.4. The van der Waals surface area contributed by atoms with Crippen LogP contribution < -0.4 is 9.47 Å². The van der Waals surface area contributed by atoms with Crippen LogP contribution >= 0.6 is 0 Å². The molecule has 192 valence electrons. The summed E-state index contributed by atoms with van der Waals surface area (Å²) in [6.45, 7) is 1.18. The third-order valence-corrected chi connectivity index (χ3v) is 9.27. The summed E-state index contributed by atoms with van der Waals surface area (Å²) in [7, 11) is -4.07. The van der Waals surface area contributed by atoms with E-state index in [0.717, 1.165) is 25.0 Å². The maximum atomic E-state index is 13.4. The highest BCUT2D eigenvalue weighted by atomic mass is 32.2. The fourth-order valence-electron chi connectivity index (χ4n) is 4.62. The number of aliphatic carboxylic acids is 1. The second-order valence-corrected chi connectivity index (χ2v) is 11.1. The second kappa shape index (κ2) is 9.90. The molecule has 1 aromatic carbocycles. The summed E-state index contributed by atoms with van der Waals surface area (Å²) in [4.78, 5) is 14.3. The van der Waals surface area contributed by atoms with Crippen molar-refractivity contribution in [1.29, 1.82) is 0 Å². The molecule has 1 aliphatic carbocycles. The van der Waals surface area contributed by atoms with Crippen LogP contribution in [0.25, 0.3) is 0 Å². The van der Waals surface area contributed by atoms with E-state index in [1.165, 1.54) is 16.4 Å². The van der Waals surface area contributed by atoms with Crippen LogP contribution in [0.1, 0.15) is 46.0 Å². The van der Waals surface area contributed by atoms with Crippen molar-refractivity contribution in [3.63, 3.8) is 0 Å². The van der Waals surface area contributed by atoms with E-state index in [-0.39, 0.29) is 45.2 Å². The smallest absolute Gasteiger partial charge is 0.490 e. The molecule has 4 rings (SSSR count). The number of likely N-dealkylation sites (tertiary alicyclic amines) is 1. The van der Waals surface area contributed by atoms with Crippen LogP contribution in [0.3, 0.4) is 0 Å². The van der Waals surface area contributed by atoms with Crippen molar-refractivity contribution in [1.82, 2.24) is 9.21 Å².